The van der Waals surface area contributed by atoms with Crippen LogP contribution in [0.3, 0.4) is 0 Å². The first-order valence-electron chi connectivity index (χ1n) is 6.34. The second-order valence-corrected chi connectivity index (χ2v) is 5.32. The highest BCUT2D eigenvalue weighted by molar-refractivity contribution is 9.10. The van der Waals surface area contributed by atoms with Crippen LogP contribution < -0.4 is 5.32 Å². The van der Waals surface area contributed by atoms with Gasteiger partial charge in [-0.15, -0.1) is 0 Å². The molecule has 1 amide bonds. The normalized spacial score (nSPS) is 10.0. The van der Waals surface area contributed by atoms with E-state index in [1.165, 1.54) is 0 Å². The Morgan fingerprint density at radius 3 is 2.43 bits per heavy atom. The van der Waals surface area contributed by atoms with Crippen LogP contribution in [0.25, 0.3) is 0 Å². The van der Waals surface area contributed by atoms with E-state index in [2.05, 4.69) is 21.2 Å². The highest BCUT2D eigenvalue weighted by atomic mass is 79.9. The Hall–Kier alpha value is -2.14. The fourth-order valence-electron chi connectivity index (χ4n) is 1.67. The monoisotopic (exact) mass is 347 g/mol. The van der Waals surface area contributed by atoms with Gasteiger partial charge in [0.25, 0.3) is 5.91 Å². The average molecular weight is 348 g/mol. The number of rotatable bonds is 4. The Morgan fingerprint density at radius 2 is 1.76 bits per heavy atom. The molecule has 2 rings (SSSR count). The van der Waals surface area contributed by atoms with Crippen LogP contribution >= 0.6 is 15.9 Å². The topological polar surface area (TPSA) is 55.4 Å². The lowest BCUT2D eigenvalue weighted by atomic mass is 10.2. The maximum absolute atomic E-state index is 11.8. The number of nitrogens with one attached hydrogen (secondary N) is 1. The van der Waals surface area contributed by atoms with E-state index in [-0.39, 0.29) is 12.5 Å². The van der Waals surface area contributed by atoms with Crippen molar-refractivity contribution in [1.82, 2.24) is 0 Å². The van der Waals surface area contributed by atoms with E-state index in [1.54, 1.807) is 36.4 Å². The second-order valence-electron chi connectivity index (χ2n) is 4.47. The van der Waals surface area contributed by atoms with Gasteiger partial charge in [-0.3, -0.25) is 4.79 Å². The number of hydrogen-bond acceptors (Lipinski definition) is 3. The van der Waals surface area contributed by atoms with Crippen molar-refractivity contribution in [3.8, 4) is 0 Å². The van der Waals surface area contributed by atoms with Crippen molar-refractivity contribution in [2.75, 3.05) is 11.9 Å². The number of halogens is 1. The fourth-order valence-corrected chi connectivity index (χ4v) is 2.12. The van der Waals surface area contributed by atoms with Crippen LogP contribution in [0.15, 0.2) is 53.0 Å². The number of carbonyl (C=O) groups excluding carboxylic acids is 2. The number of anilines is 1. The van der Waals surface area contributed by atoms with Crippen molar-refractivity contribution in [3.63, 3.8) is 0 Å². The Kier molecular flexibility index (Phi) is 5.11. The van der Waals surface area contributed by atoms with Gasteiger partial charge >= 0.3 is 5.97 Å². The average Bonchev–Trinajstić information content (AvgIpc) is 2.48. The van der Waals surface area contributed by atoms with Crippen LogP contribution in [0.2, 0.25) is 0 Å². The summed E-state index contributed by atoms with van der Waals surface area (Å²) in [7, 11) is 0. The zero-order valence-corrected chi connectivity index (χ0v) is 13.0. The van der Waals surface area contributed by atoms with Gasteiger partial charge < -0.3 is 10.1 Å². The molecule has 2 aromatic rings. The van der Waals surface area contributed by atoms with Crippen molar-refractivity contribution in [3.05, 3.63) is 64.1 Å². The molecule has 0 aromatic heterocycles. The SMILES string of the molecule is Cc1ccc(NC(=O)COC(=O)c2ccccc2Br)cc1. The Balaban J connectivity index is 1.88. The highest BCUT2D eigenvalue weighted by Crippen LogP contribution is 2.16. The lowest BCUT2D eigenvalue weighted by Gasteiger charge is -2.07. The zero-order valence-electron chi connectivity index (χ0n) is 11.4. The lowest BCUT2D eigenvalue weighted by Crippen LogP contribution is -2.21. The Morgan fingerprint density at radius 1 is 1.10 bits per heavy atom. The van der Waals surface area contributed by atoms with Crippen LogP contribution in [0.5, 0.6) is 0 Å². The first-order chi connectivity index (χ1) is 10.1. The summed E-state index contributed by atoms with van der Waals surface area (Å²) in [5.41, 5.74) is 2.16. The van der Waals surface area contributed by atoms with Gasteiger partial charge in [-0.25, -0.2) is 4.79 Å². The van der Waals surface area contributed by atoms with E-state index in [0.717, 1.165) is 5.56 Å². The maximum Gasteiger partial charge on any atom is 0.339 e. The third-order valence-electron chi connectivity index (χ3n) is 2.76. The van der Waals surface area contributed by atoms with Crippen LogP contribution in [-0.2, 0) is 9.53 Å². The molecule has 4 nitrogen and oxygen atoms in total. The van der Waals surface area contributed by atoms with Gasteiger partial charge in [0.2, 0.25) is 0 Å². The number of hydrogen-bond donors (Lipinski definition) is 1. The largest absolute Gasteiger partial charge is 0.452 e. The van der Waals surface area contributed by atoms with Crippen molar-refractivity contribution in [2.45, 2.75) is 6.92 Å². The van der Waals surface area contributed by atoms with E-state index in [4.69, 9.17) is 4.74 Å². The number of carbonyl (C=O) groups is 2. The molecule has 1 N–H and O–H groups in total. The number of esters is 1. The molecule has 5 heteroatoms. The predicted molar refractivity (Wildman–Crippen MR) is 84.2 cm³/mol. The molecule has 0 aliphatic carbocycles. The van der Waals surface area contributed by atoms with E-state index in [0.29, 0.717) is 15.7 Å². The zero-order chi connectivity index (χ0) is 15.2. The molecular weight excluding hydrogens is 334 g/mol. The van der Waals surface area contributed by atoms with Crippen LogP contribution in [0, 0.1) is 6.92 Å². The van der Waals surface area contributed by atoms with Gasteiger partial charge in [-0.2, -0.15) is 0 Å². The smallest absolute Gasteiger partial charge is 0.339 e. The van der Waals surface area contributed by atoms with Crippen molar-refractivity contribution in [1.29, 1.82) is 0 Å². The van der Waals surface area contributed by atoms with Gasteiger partial charge in [0.05, 0.1) is 5.56 Å². The van der Waals surface area contributed by atoms with Crippen LogP contribution in [0.4, 0.5) is 5.69 Å². The maximum atomic E-state index is 11.8. The quantitative estimate of drug-likeness (QED) is 0.860. The molecule has 0 saturated heterocycles. The molecule has 21 heavy (non-hydrogen) atoms. The first-order valence-corrected chi connectivity index (χ1v) is 7.14. The number of ether oxygens (including phenoxy) is 1. The number of benzene rings is 2. The van der Waals surface area contributed by atoms with Gasteiger partial charge in [0.1, 0.15) is 0 Å². The molecular formula is C16H14BrNO3. The summed E-state index contributed by atoms with van der Waals surface area (Å²) in [5, 5.41) is 2.66. The van der Waals surface area contributed by atoms with E-state index in [1.807, 2.05) is 19.1 Å². The summed E-state index contributed by atoms with van der Waals surface area (Å²) in [6.45, 7) is 1.64. The summed E-state index contributed by atoms with van der Waals surface area (Å²) in [4.78, 5) is 23.6. The Labute approximate surface area is 131 Å². The molecule has 108 valence electrons. The summed E-state index contributed by atoms with van der Waals surface area (Å²) in [5.74, 6) is -0.916. The predicted octanol–water partition coefficient (Wildman–Crippen LogP) is 3.55. The molecule has 0 fully saturated rings. The molecule has 0 heterocycles. The van der Waals surface area contributed by atoms with Gasteiger partial charge in [0.15, 0.2) is 6.61 Å². The molecule has 0 aliphatic rings. The molecule has 0 unspecified atom stereocenters. The van der Waals surface area contributed by atoms with E-state index in [9.17, 15) is 9.59 Å². The molecule has 2 aromatic carbocycles. The van der Waals surface area contributed by atoms with Gasteiger partial charge in [0, 0.05) is 10.2 Å². The van der Waals surface area contributed by atoms with Crippen molar-refractivity contribution >= 4 is 33.5 Å². The van der Waals surface area contributed by atoms with E-state index >= 15 is 0 Å². The minimum Gasteiger partial charge on any atom is -0.452 e. The van der Waals surface area contributed by atoms with Crippen LogP contribution in [-0.4, -0.2) is 18.5 Å². The molecule has 0 spiro atoms. The van der Waals surface area contributed by atoms with Crippen molar-refractivity contribution < 1.29 is 14.3 Å². The molecule has 0 radical (unpaired) electrons. The highest BCUT2D eigenvalue weighted by Gasteiger charge is 2.12. The summed E-state index contributed by atoms with van der Waals surface area (Å²) in [6.07, 6.45) is 0. The number of amides is 1. The summed E-state index contributed by atoms with van der Waals surface area (Å²) >= 11 is 3.26. The first kappa shape index (κ1) is 15.3. The molecule has 0 saturated carbocycles. The minimum absolute atomic E-state index is 0.325. The van der Waals surface area contributed by atoms with Crippen LogP contribution in [0.1, 0.15) is 15.9 Å². The van der Waals surface area contributed by atoms with Gasteiger partial charge in [-0.05, 0) is 47.1 Å². The fraction of sp³-hybridized carbons (Fsp3) is 0.125. The number of aryl methyl sites for hydroxylation is 1. The lowest BCUT2D eigenvalue weighted by molar-refractivity contribution is -0.119. The standard InChI is InChI=1S/C16H14BrNO3/c1-11-6-8-12(9-7-11)18-15(19)10-21-16(20)13-4-2-3-5-14(13)17/h2-9H,10H2,1H3,(H,18,19). The third-order valence-corrected chi connectivity index (χ3v) is 3.45. The molecule has 0 atom stereocenters. The van der Waals surface area contributed by atoms with E-state index < -0.39 is 5.97 Å². The summed E-state index contributed by atoms with van der Waals surface area (Å²) < 4.78 is 5.62. The summed E-state index contributed by atoms with van der Waals surface area (Å²) in [6, 6.07) is 14.3. The second kappa shape index (κ2) is 7.04. The van der Waals surface area contributed by atoms with Gasteiger partial charge in [-0.1, -0.05) is 29.8 Å². The van der Waals surface area contributed by atoms with Crippen molar-refractivity contribution in [2.24, 2.45) is 0 Å². The molecule has 0 bridgehead atoms. The minimum atomic E-state index is -0.540. The molecule has 0 aliphatic heterocycles. The Bertz CT molecular complexity index is 653. The third kappa shape index (κ3) is 4.43.